The molecule has 1 amide bonds. The van der Waals surface area contributed by atoms with Gasteiger partial charge in [0.1, 0.15) is 6.07 Å². The smallest absolute Gasteiger partial charge is 0.331 e. The number of nitrogens with zero attached hydrogens (tertiary/aromatic N) is 1. The first kappa shape index (κ1) is 22.2. The zero-order valence-corrected chi connectivity index (χ0v) is 16.5. The Hall–Kier alpha value is -4.12. The monoisotopic (exact) mass is 408 g/mol. The van der Waals surface area contributed by atoms with Crippen molar-refractivity contribution in [3.05, 3.63) is 59.7 Å². The summed E-state index contributed by atoms with van der Waals surface area (Å²) in [5.74, 6) is -0.536. The standard InChI is InChI=1S/C22H20N2O6/c1-15(25)17-4-3-5-18(13-17)24-21(26)14-30-22(27)9-7-16-6-8-19(29-11-10-23)20(12-16)28-2/h3-9,12-13H,11,14H2,1-2H3,(H,24,26)/b9-7+. The molecule has 0 radical (unpaired) electrons. The summed E-state index contributed by atoms with van der Waals surface area (Å²) in [6, 6.07) is 13.2. The van der Waals surface area contributed by atoms with E-state index in [0.717, 1.165) is 0 Å². The molecule has 0 saturated carbocycles. The zero-order valence-electron chi connectivity index (χ0n) is 16.5. The maximum absolute atomic E-state index is 11.9. The van der Waals surface area contributed by atoms with E-state index in [2.05, 4.69) is 5.32 Å². The molecule has 30 heavy (non-hydrogen) atoms. The van der Waals surface area contributed by atoms with E-state index in [0.29, 0.717) is 28.3 Å². The van der Waals surface area contributed by atoms with E-state index in [9.17, 15) is 14.4 Å². The van der Waals surface area contributed by atoms with E-state index in [-0.39, 0.29) is 12.4 Å². The summed E-state index contributed by atoms with van der Waals surface area (Å²) >= 11 is 0. The molecule has 0 aliphatic carbocycles. The minimum Gasteiger partial charge on any atom is -0.493 e. The van der Waals surface area contributed by atoms with Crippen LogP contribution >= 0.6 is 0 Å². The summed E-state index contributed by atoms with van der Waals surface area (Å²) in [7, 11) is 1.46. The molecular weight excluding hydrogens is 388 g/mol. The summed E-state index contributed by atoms with van der Waals surface area (Å²) in [6.45, 7) is 0.842. The summed E-state index contributed by atoms with van der Waals surface area (Å²) in [6.07, 6.45) is 2.67. The van der Waals surface area contributed by atoms with Crippen LogP contribution in [0.1, 0.15) is 22.8 Å². The maximum Gasteiger partial charge on any atom is 0.331 e. The molecule has 0 aromatic heterocycles. The van der Waals surface area contributed by atoms with E-state index >= 15 is 0 Å². The van der Waals surface area contributed by atoms with Crippen LogP contribution in [0.25, 0.3) is 6.08 Å². The fourth-order valence-electron chi connectivity index (χ4n) is 2.38. The number of nitriles is 1. The first-order chi connectivity index (χ1) is 14.4. The molecule has 0 fully saturated rings. The normalized spacial score (nSPS) is 10.2. The lowest BCUT2D eigenvalue weighted by atomic mass is 10.1. The summed E-state index contributed by atoms with van der Waals surface area (Å²) in [5, 5.41) is 11.1. The van der Waals surface area contributed by atoms with Gasteiger partial charge in [-0.1, -0.05) is 18.2 Å². The molecule has 154 valence electrons. The number of anilines is 1. The quantitative estimate of drug-likeness (QED) is 0.385. The lowest BCUT2D eigenvalue weighted by molar-refractivity contribution is -0.142. The van der Waals surface area contributed by atoms with Gasteiger partial charge < -0.3 is 19.5 Å². The fraction of sp³-hybridized carbons (Fsp3) is 0.182. The molecule has 0 saturated heterocycles. The Morgan fingerprint density at radius 3 is 2.63 bits per heavy atom. The number of nitrogens with one attached hydrogen (secondary N) is 1. The predicted octanol–water partition coefficient (Wildman–Crippen LogP) is 3.00. The van der Waals surface area contributed by atoms with Gasteiger partial charge in [-0.25, -0.2) is 4.79 Å². The number of ether oxygens (including phenoxy) is 3. The van der Waals surface area contributed by atoms with Crippen molar-refractivity contribution in [2.45, 2.75) is 6.92 Å². The van der Waals surface area contributed by atoms with Gasteiger partial charge in [0.05, 0.1) is 7.11 Å². The summed E-state index contributed by atoms with van der Waals surface area (Å²) < 4.78 is 15.3. The Balaban J connectivity index is 1.89. The van der Waals surface area contributed by atoms with E-state index in [1.54, 1.807) is 42.5 Å². The third-order valence-corrected chi connectivity index (χ3v) is 3.79. The van der Waals surface area contributed by atoms with Crippen molar-refractivity contribution in [3.63, 3.8) is 0 Å². The minimum atomic E-state index is -0.702. The number of hydrogen-bond acceptors (Lipinski definition) is 7. The highest BCUT2D eigenvalue weighted by molar-refractivity contribution is 5.98. The molecule has 0 aliphatic rings. The minimum absolute atomic E-state index is 0.112. The highest BCUT2D eigenvalue weighted by Gasteiger charge is 2.08. The number of rotatable bonds is 9. The number of Topliss-reactive ketones (excluding diaryl/α,β-unsaturated/α-hetero) is 1. The molecule has 0 heterocycles. The van der Waals surface area contributed by atoms with Crippen LogP contribution in [0.2, 0.25) is 0 Å². The van der Waals surface area contributed by atoms with Crippen LogP contribution < -0.4 is 14.8 Å². The van der Waals surface area contributed by atoms with Crippen LogP contribution in [0.3, 0.4) is 0 Å². The lowest BCUT2D eigenvalue weighted by Crippen LogP contribution is -2.20. The first-order valence-electron chi connectivity index (χ1n) is 8.86. The number of esters is 1. The second kappa shape index (κ2) is 11.0. The Bertz CT molecular complexity index is 1010. The van der Waals surface area contributed by atoms with Crippen molar-refractivity contribution in [1.29, 1.82) is 5.26 Å². The van der Waals surface area contributed by atoms with Gasteiger partial charge in [0.2, 0.25) is 0 Å². The molecule has 0 bridgehead atoms. The lowest BCUT2D eigenvalue weighted by Gasteiger charge is -2.08. The second-order valence-electron chi connectivity index (χ2n) is 5.98. The van der Waals surface area contributed by atoms with E-state index in [1.807, 2.05) is 6.07 Å². The van der Waals surface area contributed by atoms with Crippen molar-refractivity contribution in [3.8, 4) is 17.6 Å². The summed E-state index contributed by atoms with van der Waals surface area (Å²) in [5.41, 5.74) is 1.54. The number of ketones is 1. The van der Waals surface area contributed by atoms with Crippen LogP contribution in [0.4, 0.5) is 5.69 Å². The molecule has 0 unspecified atom stereocenters. The van der Waals surface area contributed by atoms with E-state index in [1.165, 1.54) is 26.2 Å². The SMILES string of the molecule is COc1cc(/C=C/C(=O)OCC(=O)Nc2cccc(C(C)=O)c2)ccc1OCC#N. The molecule has 2 rings (SSSR count). The van der Waals surface area contributed by atoms with Gasteiger partial charge in [-0.3, -0.25) is 9.59 Å². The van der Waals surface area contributed by atoms with Crippen LogP contribution in [-0.4, -0.2) is 38.0 Å². The molecule has 1 N–H and O–H groups in total. The van der Waals surface area contributed by atoms with Crippen LogP contribution in [0, 0.1) is 11.3 Å². The van der Waals surface area contributed by atoms with Crippen LogP contribution in [0.15, 0.2) is 48.5 Å². The highest BCUT2D eigenvalue weighted by atomic mass is 16.5. The Morgan fingerprint density at radius 1 is 1.13 bits per heavy atom. The molecule has 2 aromatic rings. The Labute approximate surface area is 173 Å². The van der Waals surface area contributed by atoms with Gasteiger partial charge in [0.15, 0.2) is 30.5 Å². The van der Waals surface area contributed by atoms with E-state index in [4.69, 9.17) is 19.5 Å². The van der Waals surface area contributed by atoms with Crippen molar-refractivity contribution in [2.24, 2.45) is 0 Å². The van der Waals surface area contributed by atoms with Gasteiger partial charge in [-0.15, -0.1) is 0 Å². The van der Waals surface area contributed by atoms with Crippen LogP contribution in [0.5, 0.6) is 11.5 Å². The molecule has 0 atom stereocenters. The number of amides is 1. The third-order valence-electron chi connectivity index (χ3n) is 3.79. The van der Waals surface area contributed by atoms with Gasteiger partial charge >= 0.3 is 5.97 Å². The Morgan fingerprint density at radius 2 is 1.93 bits per heavy atom. The van der Waals surface area contributed by atoms with Gasteiger partial charge in [-0.05, 0) is 42.8 Å². The molecule has 2 aromatic carbocycles. The average Bonchev–Trinajstić information content (AvgIpc) is 2.75. The number of carbonyl (C=O) groups excluding carboxylic acids is 3. The highest BCUT2D eigenvalue weighted by Crippen LogP contribution is 2.28. The van der Waals surface area contributed by atoms with Crippen molar-refractivity contribution in [2.75, 3.05) is 25.6 Å². The zero-order chi connectivity index (χ0) is 21.9. The fourth-order valence-corrected chi connectivity index (χ4v) is 2.38. The predicted molar refractivity (Wildman–Crippen MR) is 109 cm³/mol. The Kier molecular flexibility index (Phi) is 8.15. The number of hydrogen-bond donors (Lipinski definition) is 1. The van der Waals surface area contributed by atoms with Crippen molar-refractivity contribution < 1.29 is 28.6 Å². The summed E-state index contributed by atoms with van der Waals surface area (Å²) in [4.78, 5) is 35.2. The van der Waals surface area contributed by atoms with Gasteiger partial charge in [0, 0.05) is 17.3 Å². The molecule has 0 aliphatic heterocycles. The van der Waals surface area contributed by atoms with Gasteiger partial charge in [-0.2, -0.15) is 5.26 Å². The largest absolute Gasteiger partial charge is 0.493 e. The maximum atomic E-state index is 11.9. The molecular formula is C22H20N2O6. The van der Waals surface area contributed by atoms with E-state index < -0.39 is 18.5 Å². The van der Waals surface area contributed by atoms with Crippen molar-refractivity contribution in [1.82, 2.24) is 0 Å². The molecule has 8 heteroatoms. The third kappa shape index (κ3) is 6.80. The van der Waals surface area contributed by atoms with Gasteiger partial charge in [0.25, 0.3) is 5.91 Å². The van der Waals surface area contributed by atoms with Crippen LogP contribution in [-0.2, 0) is 14.3 Å². The first-order valence-corrected chi connectivity index (χ1v) is 8.86. The molecule has 8 nitrogen and oxygen atoms in total. The number of benzene rings is 2. The molecule has 0 spiro atoms. The number of carbonyl (C=O) groups is 3. The average molecular weight is 408 g/mol. The number of methoxy groups -OCH3 is 1. The topological polar surface area (TPSA) is 115 Å². The van der Waals surface area contributed by atoms with Crippen molar-refractivity contribution >= 4 is 29.4 Å². The second-order valence-corrected chi connectivity index (χ2v) is 5.98.